The summed E-state index contributed by atoms with van der Waals surface area (Å²) in [6.07, 6.45) is 4.63. The lowest BCUT2D eigenvalue weighted by Gasteiger charge is -2.13. The quantitative estimate of drug-likeness (QED) is 0.422. The monoisotopic (exact) mass is 380 g/mol. The molecule has 6 nitrogen and oxygen atoms in total. The molecule has 0 amide bonds. The van der Waals surface area contributed by atoms with E-state index in [-0.39, 0.29) is 5.97 Å². The summed E-state index contributed by atoms with van der Waals surface area (Å²) in [6.45, 7) is 7.93. The van der Waals surface area contributed by atoms with Gasteiger partial charge >= 0.3 is 5.97 Å². The summed E-state index contributed by atoms with van der Waals surface area (Å²) in [5.74, 6) is -0.363. The van der Waals surface area contributed by atoms with Crippen LogP contribution in [0.3, 0.4) is 0 Å². The molecule has 0 saturated carbocycles. The number of carbonyl (C=O) groups is 1. The largest absolute Gasteiger partial charge is 0.462 e. The first-order chi connectivity index (χ1) is 13.7. The van der Waals surface area contributed by atoms with Crippen molar-refractivity contribution in [3.05, 3.63) is 42.1 Å². The van der Waals surface area contributed by atoms with Crippen LogP contribution in [0.4, 0.5) is 5.69 Å². The van der Waals surface area contributed by atoms with Gasteiger partial charge in [-0.2, -0.15) is 5.10 Å². The van der Waals surface area contributed by atoms with Crippen molar-refractivity contribution in [2.24, 2.45) is 0 Å². The molecule has 2 aromatic heterocycles. The molecule has 148 valence electrons. The molecule has 3 rings (SSSR count). The van der Waals surface area contributed by atoms with Crippen LogP contribution in [-0.2, 0) is 11.3 Å². The van der Waals surface area contributed by atoms with Gasteiger partial charge in [-0.1, -0.05) is 50.6 Å². The average molecular weight is 380 g/mol. The van der Waals surface area contributed by atoms with E-state index in [2.05, 4.69) is 24.1 Å². The lowest BCUT2D eigenvalue weighted by atomic mass is 10.1. The molecule has 0 spiro atoms. The van der Waals surface area contributed by atoms with Crippen LogP contribution >= 0.6 is 0 Å². The third-order valence-electron chi connectivity index (χ3n) is 4.57. The Morgan fingerprint density at radius 2 is 1.93 bits per heavy atom. The molecule has 6 heteroatoms. The highest BCUT2D eigenvalue weighted by Gasteiger charge is 2.23. The number of esters is 1. The summed E-state index contributed by atoms with van der Waals surface area (Å²) in [4.78, 5) is 17.2. The maximum atomic E-state index is 12.6. The minimum Gasteiger partial charge on any atom is -0.462 e. The normalized spacial score (nSPS) is 11.0. The molecular weight excluding hydrogens is 352 g/mol. The molecule has 0 aliphatic heterocycles. The third-order valence-corrected chi connectivity index (χ3v) is 4.57. The van der Waals surface area contributed by atoms with Crippen molar-refractivity contribution in [2.45, 2.75) is 46.6 Å². The number of pyridine rings is 1. The molecule has 0 aliphatic rings. The van der Waals surface area contributed by atoms with Gasteiger partial charge in [0.1, 0.15) is 11.3 Å². The SMILES string of the molecule is CCCCNc1c(C(=O)OCC)cnc2c1c(-c1ccccc1)nn2CCC. The fourth-order valence-electron chi connectivity index (χ4n) is 3.24. The van der Waals surface area contributed by atoms with Crippen molar-refractivity contribution >= 4 is 22.7 Å². The summed E-state index contributed by atoms with van der Waals surface area (Å²) in [7, 11) is 0. The first-order valence-corrected chi connectivity index (χ1v) is 10.1. The highest BCUT2D eigenvalue weighted by molar-refractivity contribution is 6.09. The molecule has 3 aromatic rings. The van der Waals surface area contributed by atoms with Crippen molar-refractivity contribution in [2.75, 3.05) is 18.5 Å². The molecule has 0 unspecified atom stereocenters. The van der Waals surface area contributed by atoms with Gasteiger partial charge in [0.05, 0.1) is 17.7 Å². The molecule has 1 aromatic carbocycles. The zero-order chi connectivity index (χ0) is 19.9. The molecule has 0 radical (unpaired) electrons. The Balaban J connectivity index is 2.25. The molecule has 0 aliphatic carbocycles. The van der Waals surface area contributed by atoms with Crippen molar-refractivity contribution in [3.8, 4) is 11.3 Å². The lowest BCUT2D eigenvalue weighted by molar-refractivity contribution is 0.0527. The molecule has 0 bridgehead atoms. The number of nitrogens with zero attached hydrogens (tertiary/aromatic N) is 3. The summed E-state index contributed by atoms with van der Waals surface area (Å²) in [5, 5.41) is 9.19. The Morgan fingerprint density at radius 1 is 1.14 bits per heavy atom. The van der Waals surface area contributed by atoms with Crippen LogP contribution in [-0.4, -0.2) is 33.9 Å². The zero-order valence-corrected chi connectivity index (χ0v) is 16.9. The molecule has 0 atom stereocenters. The molecule has 0 saturated heterocycles. The zero-order valence-electron chi connectivity index (χ0n) is 16.9. The Hall–Kier alpha value is -2.89. The number of hydrogen-bond acceptors (Lipinski definition) is 5. The number of unbranched alkanes of at least 4 members (excludes halogenated alkanes) is 1. The van der Waals surface area contributed by atoms with Crippen LogP contribution in [0.2, 0.25) is 0 Å². The van der Waals surface area contributed by atoms with Crippen LogP contribution in [0.15, 0.2) is 36.5 Å². The van der Waals surface area contributed by atoms with Crippen LogP contribution in [0.5, 0.6) is 0 Å². The first kappa shape index (κ1) is 19.9. The summed E-state index contributed by atoms with van der Waals surface area (Å²) in [6, 6.07) is 10.0. The maximum Gasteiger partial charge on any atom is 0.341 e. The van der Waals surface area contributed by atoms with Crippen molar-refractivity contribution in [1.82, 2.24) is 14.8 Å². The molecule has 2 heterocycles. The second-order valence-electron chi connectivity index (χ2n) is 6.68. The summed E-state index contributed by atoms with van der Waals surface area (Å²) in [5.41, 5.74) is 3.84. The Kier molecular flexibility index (Phi) is 6.63. The smallest absolute Gasteiger partial charge is 0.341 e. The number of nitrogens with one attached hydrogen (secondary N) is 1. The van der Waals surface area contributed by atoms with E-state index < -0.39 is 0 Å². The number of hydrogen-bond donors (Lipinski definition) is 1. The van der Waals surface area contributed by atoms with Crippen LogP contribution < -0.4 is 5.32 Å². The van der Waals surface area contributed by atoms with Crippen molar-refractivity contribution in [1.29, 1.82) is 0 Å². The second kappa shape index (κ2) is 9.35. The van der Waals surface area contributed by atoms with E-state index in [9.17, 15) is 4.79 Å². The molecule has 0 fully saturated rings. The van der Waals surface area contributed by atoms with E-state index in [1.807, 2.05) is 41.9 Å². The van der Waals surface area contributed by atoms with Gasteiger partial charge in [-0.25, -0.2) is 14.5 Å². The number of aryl methyl sites for hydroxylation is 1. The van der Waals surface area contributed by atoms with Crippen LogP contribution in [0.1, 0.15) is 50.4 Å². The van der Waals surface area contributed by atoms with E-state index in [0.29, 0.717) is 12.2 Å². The first-order valence-electron chi connectivity index (χ1n) is 10.1. The molecule has 1 N–H and O–H groups in total. The predicted octanol–water partition coefficient (Wildman–Crippen LogP) is 4.90. The topological polar surface area (TPSA) is 69.0 Å². The fraction of sp³-hybridized carbons (Fsp3) is 0.409. The number of benzene rings is 1. The van der Waals surface area contributed by atoms with Crippen molar-refractivity contribution < 1.29 is 9.53 Å². The van der Waals surface area contributed by atoms with E-state index in [0.717, 1.165) is 60.3 Å². The highest BCUT2D eigenvalue weighted by atomic mass is 16.5. The number of ether oxygens (including phenoxy) is 1. The van der Waals surface area contributed by atoms with E-state index in [4.69, 9.17) is 9.84 Å². The van der Waals surface area contributed by atoms with Gasteiger partial charge in [-0.15, -0.1) is 0 Å². The van der Waals surface area contributed by atoms with Gasteiger partial charge in [0.25, 0.3) is 0 Å². The fourth-order valence-corrected chi connectivity index (χ4v) is 3.24. The van der Waals surface area contributed by atoms with E-state index in [1.165, 1.54) is 0 Å². The third kappa shape index (κ3) is 4.01. The summed E-state index contributed by atoms with van der Waals surface area (Å²) < 4.78 is 7.21. The molecular formula is C22H28N4O2. The van der Waals surface area contributed by atoms with Crippen LogP contribution in [0, 0.1) is 0 Å². The Labute approximate surface area is 165 Å². The number of fused-ring (bicyclic) bond motifs is 1. The Morgan fingerprint density at radius 3 is 2.61 bits per heavy atom. The average Bonchev–Trinajstić information content (AvgIpc) is 3.08. The number of anilines is 1. The van der Waals surface area contributed by atoms with Gasteiger partial charge in [0, 0.05) is 24.8 Å². The number of aromatic nitrogens is 3. The number of carbonyl (C=O) groups excluding carboxylic acids is 1. The molecule has 28 heavy (non-hydrogen) atoms. The van der Waals surface area contributed by atoms with Crippen molar-refractivity contribution in [3.63, 3.8) is 0 Å². The highest BCUT2D eigenvalue weighted by Crippen LogP contribution is 2.35. The number of rotatable bonds is 9. The van der Waals surface area contributed by atoms with E-state index >= 15 is 0 Å². The standard InChI is InChI=1S/C22H28N4O2/c1-4-7-13-23-20-17(22(27)28-6-3)15-24-21-18(20)19(25-26(21)14-5-2)16-11-9-8-10-12-16/h8-12,15H,4-7,13-14H2,1-3H3,(H,23,24). The maximum absolute atomic E-state index is 12.6. The summed E-state index contributed by atoms with van der Waals surface area (Å²) >= 11 is 0. The van der Waals surface area contributed by atoms with E-state index in [1.54, 1.807) is 6.20 Å². The van der Waals surface area contributed by atoms with Gasteiger partial charge < -0.3 is 10.1 Å². The lowest BCUT2D eigenvalue weighted by Crippen LogP contribution is -2.12. The predicted molar refractivity (Wildman–Crippen MR) is 113 cm³/mol. The van der Waals surface area contributed by atoms with Crippen LogP contribution in [0.25, 0.3) is 22.3 Å². The van der Waals surface area contributed by atoms with Gasteiger partial charge in [-0.3, -0.25) is 0 Å². The minimum atomic E-state index is -0.363. The second-order valence-corrected chi connectivity index (χ2v) is 6.68. The van der Waals surface area contributed by atoms with Gasteiger partial charge in [0.15, 0.2) is 5.65 Å². The van der Waals surface area contributed by atoms with Gasteiger partial charge in [0.2, 0.25) is 0 Å². The minimum absolute atomic E-state index is 0.325. The van der Waals surface area contributed by atoms with Gasteiger partial charge in [-0.05, 0) is 19.8 Å². The Bertz CT molecular complexity index is 935.